The van der Waals surface area contributed by atoms with Crippen LogP contribution in [0.15, 0.2) is 42.5 Å². The maximum atomic E-state index is 13.6. The minimum absolute atomic E-state index is 0.0522. The second-order valence-electron chi connectivity index (χ2n) is 5.55. The fraction of sp³-hybridized carbons (Fsp3) is 0.222. The van der Waals surface area contributed by atoms with E-state index in [2.05, 4.69) is 5.32 Å². The minimum atomic E-state index is -0.409. The average Bonchev–Trinajstić information content (AvgIpc) is 2.70. The molecular formula is C18H17FN2O3. The van der Waals surface area contributed by atoms with E-state index in [0.29, 0.717) is 35.7 Å². The Morgan fingerprint density at radius 2 is 2.08 bits per heavy atom. The SMILES string of the molecule is CN1C(=O)CCOc2ccc(NC(=O)Cc3ccccc3F)cc21. The van der Waals surface area contributed by atoms with Crippen LogP contribution in [0, 0.1) is 5.82 Å². The molecule has 0 saturated carbocycles. The third-order valence-corrected chi connectivity index (χ3v) is 3.86. The standard InChI is InChI=1S/C18H17FN2O3/c1-21-15-11-13(6-7-16(15)24-9-8-18(21)23)20-17(22)10-12-4-2-3-5-14(12)19/h2-7,11H,8-10H2,1H3,(H,20,22). The predicted molar refractivity (Wildman–Crippen MR) is 88.7 cm³/mol. The minimum Gasteiger partial charge on any atom is -0.491 e. The molecule has 0 spiro atoms. The van der Waals surface area contributed by atoms with Crippen LogP contribution in [0.4, 0.5) is 15.8 Å². The summed E-state index contributed by atoms with van der Waals surface area (Å²) < 4.78 is 19.1. The first-order valence-corrected chi connectivity index (χ1v) is 7.61. The molecule has 1 aliphatic rings. The maximum absolute atomic E-state index is 13.6. The van der Waals surface area contributed by atoms with Crippen LogP contribution in [0.1, 0.15) is 12.0 Å². The zero-order chi connectivity index (χ0) is 17.1. The van der Waals surface area contributed by atoms with Crippen molar-refractivity contribution in [2.75, 3.05) is 23.9 Å². The monoisotopic (exact) mass is 328 g/mol. The highest BCUT2D eigenvalue weighted by molar-refractivity contribution is 5.97. The lowest BCUT2D eigenvalue weighted by molar-refractivity contribution is -0.118. The summed E-state index contributed by atoms with van der Waals surface area (Å²) in [6, 6.07) is 11.2. The molecule has 5 nitrogen and oxygen atoms in total. The Morgan fingerprint density at radius 3 is 2.88 bits per heavy atom. The molecule has 0 bridgehead atoms. The van der Waals surface area contributed by atoms with Gasteiger partial charge in [0, 0.05) is 12.7 Å². The van der Waals surface area contributed by atoms with Crippen LogP contribution < -0.4 is 15.0 Å². The Bertz CT molecular complexity index is 792. The molecule has 1 heterocycles. The van der Waals surface area contributed by atoms with Crippen LogP contribution in [0.3, 0.4) is 0 Å². The summed E-state index contributed by atoms with van der Waals surface area (Å²) in [5.41, 5.74) is 1.46. The Balaban J connectivity index is 1.76. The third kappa shape index (κ3) is 3.37. The third-order valence-electron chi connectivity index (χ3n) is 3.86. The van der Waals surface area contributed by atoms with Crippen LogP contribution in [0.25, 0.3) is 0 Å². The number of ether oxygens (including phenoxy) is 1. The zero-order valence-electron chi connectivity index (χ0n) is 13.2. The highest BCUT2D eigenvalue weighted by Gasteiger charge is 2.20. The number of carbonyl (C=O) groups is 2. The lowest BCUT2D eigenvalue weighted by Crippen LogP contribution is -2.25. The zero-order valence-corrected chi connectivity index (χ0v) is 13.2. The van der Waals surface area contributed by atoms with E-state index < -0.39 is 5.82 Å². The summed E-state index contributed by atoms with van der Waals surface area (Å²) in [6.45, 7) is 0.329. The Morgan fingerprint density at radius 1 is 1.29 bits per heavy atom. The fourth-order valence-electron chi connectivity index (χ4n) is 2.55. The van der Waals surface area contributed by atoms with Crippen LogP contribution in [-0.2, 0) is 16.0 Å². The molecule has 0 atom stereocenters. The number of fused-ring (bicyclic) bond motifs is 1. The normalized spacial score (nSPS) is 13.8. The predicted octanol–water partition coefficient (Wildman–Crippen LogP) is 2.75. The van der Waals surface area contributed by atoms with Gasteiger partial charge in [-0.3, -0.25) is 9.59 Å². The molecule has 1 aliphatic heterocycles. The molecule has 0 fully saturated rings. The number of anilines is 2. The molecule has 0 unspecified atom stereocenters. The smallest absolute Gasteiger partial charge is 0.230 e. The number of rotatable bonds is 3. The van der Waals surface area contributed by atoms with Crippen molar-refractivity contribution >= 4 is 23.2 Å². The second kappa shape index (κ2) is 6.70. The molecule has 2 amide bonds. The molecule has 0 aromatic heterocycles. The van der Waals surface area contributed by atoms with Crippen molar-refractivity contribution in [3.05, 3.63) is 53.8 Å². The van der Waals surface area contributed by atoms with Crippen molar-refractivity contribution in [2.45, 2.75) is 12.8 Å². The van der Waals surface area contributed by atoms with Crippen molar-refractivity contribution < 1.29 is 18.7 Å². The van der Waals surface area contributed by atoms with Crippen LogP contribution >= 0.6 is 0 Å². The van der Waals surface area contributed by atoms with E-state index in [1.54, 1.807) is 43.4 Å². The van der Waals surface area contributed by atoms with Gasteiger partial charge in [-0.1, -0.05) is 18.2 Å². The first-order chi connectivity index (χ1) is 11.5. The summed E-state index contributed by atoms with van der Waals surface area (Å²) >= 11 is 0. The molecular weight excluding hydrogens is 311 g/mol. The van der Waals surface area contributed by atoms with E-state index in [1.165, 1.54) is 11.0 Å². The topological polar surface area (TPSA) is 58.6 Å². The van der Waals surface area contributed by atoms with E-state index in [1.807, 2.05) is 0 Å². The lowest BCUT2D eigenvalue weighted by atomic mass is 10.1. The Hall–Kier alpha value is -2.89. The molecule has 2 aromatic rings. The largest absolute Gasteiger partial charge is 0.491 e. The van der Waals surface area contributed by atoms with Crippen LogP contribution in [-0.4, -0.2) is 25.5 Å². The molecule has 6 heteroatoms. The molecule has 0 radical (unpaired) electrons. The molecule has 1 N–H and O–H groups in total. The van der Waals surface area contributed by atoms with Crippen molar-refractivity contribution in [1.29, 1.82) is 0 Å². The maximum Gasteiger partial charge on any atom is 0.230 e. The van der Waals surface area contributed by atoms with Crippen LogP contribution in [0.5, 0.6) is 5.75 Å². The number of hydrogen-bond donors (Lipinski definition) is 1. The van der Waals surface area contributed by atoms with E-state index in [0.717, 1.165) is 0 Å². The number of hydrogen-bond acceptors (Lipinski definition) is 3. The first kappa shape index (κ1) is 16.0. The second-order valence-corrected chi connectivity index (χ2v) is 5.55. The molecule has 0 aliphatic carbocycles. The van der Waals surface area contributed by atoms with Crippen molar-refractivity contribution in [2.24, 2.45) is 0 Å². The van der Waals surface area contributed by atoms with E-state index in [-0.39, 0.29) is 18.2 Å². The Labute approximate surface area is 139 Å². The molecule has 2 aromatic carbocycles. The van der Waals surface area contributed by atoms with Crippen molar-refractivity contribution in [1.82, 2.24) is 0 Å². The number of nitrogens with one attached hydrogen (secondary N) is 1. The van der Waals surface area contributed by atoms with Gasteiger partial charge in [-0.25, -0.2) is 4.39 Å². The van der Waals surface area contributed by atoms with E-state index in [4.69, 9.17) is 4.74 Å². The van der Waals surface area contributed by atoms with Gasteiger partial charge in [0.15, 0.2) is 0 Å². The summed E-state index contributed by atoms with van der Waals surface area (Å²) in [5.74, 6) is -0.198. The molecule has 3 rings (SSSR count). The fourth-order valence-corrected chi connectivity index (χ4v) is 2.55. The highest BCUT2D eigenvalue weighted by Crippen LogP contribution is 2.33. The number of nitrogens with zero attached hydrogens (tertiary/aromatic N) is 1. The average molecular weight is 328 g/mol. The van der Waals surface area contributed by atoms with Gasteiger partial charge in [-0.05, 0) is 29.8 Å². The first-order valence-electron chi connectivity index (χ1n) is 7.61. The van der Waals surface area contributed by atoms with Gasteiger partial charge in [0.2, 0.25) is 11.8 Å². The van der Waals surface area contributed by atoms with Gasteiger partial charge in [0.25, 0.3) is 0 Å². The number of benzene rings is 2. The summed E-state index contributed by atoms with van der Waals surface area (Å²) in [4.78, 5) is 25.5. The summed E-state index contributed by atoms with van der Waals surface area (Å²) in [5, 5.41) is 2.72. The highest BCUT2D eigenvalue weighted by atomic mass is 19.1. The quantitative estimate of drug-likeness (QED) is 0.942. The van der Waals surface area contributed by atoms with Gasteiger partial charge < -0.3 is 15.0 Å². The summed E-state index contributed by atoms with van der Waals surface area (Å²) in [6.07, 6.45) is 0.245. The van der Waals surface area contributed by atoms with Gasteiger partial charge >= 0.3 is 0 Å². The van der Waals surface area contributed by atoms with Crippen molar-refractivity contribution in [3.8, 4) is 5.75 Å². The Kier molecular flexibility index (Phi) is 4.46. The summed E-state index contributed by atoms with van der Waals surface area (Å²) in [7, 11) is 1.67. The number of amides is 2. The van der Waals surface area contributed by atoms with E-state index in [9.17, 15) is 14.0 Å². The van der Waals surface area contributed by atoms with Gasteiger partial charge in [0.1, 0.15) is 11.6 Å². The van der Waals surface area contributed by atoms with Gasteiger partial charge in [0.05, 0.1) is 25.1 Å². The van der Waals surface area contributed by atoms with Gasteiger partial charge in [-0.2, -0.15) is 0 Å². The number of carbonyl (C=O) groups excluding carboxylic acids is 2. The van der Waals surface area contributed by atoms with Crippen LogP contribution in [0.2, 0.25) is 0 Å². The molecule has 24 heavy (non-hydrogen) atoms. The van der Waals surface area contributed by atoms with Crippen molar-refractivity contribution in [3.63, 3.8) is 0 Å². The van der Waals surface area contributed by atoms with Gasteiger partial charge in [-0.15, -0.1) is 0 Å². The molecule has 0 saturated heterocycles. The lowest BCUT2D eigenvalue weighted by Gasteiger charge is -2.17. The van der Waals surface area contributed by atoms with E-state index >= 15 is 0 Å². The molecule has 124 valence electrons. The number of halogens is 1.